The van der Waals surface area contributed by atoms with Gasteiger partial charge in [-0.1, -0.05) is 295 Å². The first kappa shape index (κ1) is 69.3. The molecular weight excluding hydrogens is 875 g/mol. The third-order valence-electron chi connectivity index (χ3n) is 15.0. The van der Waals surface area contributed by atoms with E-state index in [1.54, 1.807) is 0 Å². The molecule has 2 unspecified atom stereocenters. The van der Waals surface area contributed by atoms with Gasteiger partial charge in [0, 0.05) is 12.8 Å². The highest BCUT2D eigenvalue weighted by Gasteiger charge is 2.20. The Hall–Kier alpha value is -1.66. The molecule has 0 aliphatic heterocycles. The van der Waals surface area contributed by atoms with E-state index in [1.807, 2.05) is 0 Å². The third-order valence-corrected chi connectivity index (χ3v) is 15.0. The van der Waals surface area contributed by atoms with Crippen molar-refractivity contribution >= 4 is 11.9 Å². The molecule has 420 valence electrons. The van der Waals surface area contributed by atoms with Crippen LogP contribution in [0.1, 0.15) is 354 Å². The van der Waals surface area contributed by atoms with Gasteiger partial charge in [0.2, 0.25) is 5.91 Å². The zero-order valence-electron chi connectivity index (χ0n) is 48.0. The Bertz CT molecular complexity index is 1110. The average Bonchev–Trinajstić information content (AvgIpc) is 3.37. The molecule has 0 rings (SSSR count). The minimum Gasteiger partial charge on any atom is -0.466 e. The van der Waals surface area contributed by atoms with Crippen LogP contribution in [0.25, 0.3) is 0 Å². The number of aliphatic hydroxyl groups is 2. The van der Waals surface area contributed by atoms with Crippen LogP contribution in [0, 0.1) is 0 Å². The average molecular weight is 1000 g/mol. The second kappa shape index (κ2) is 60.9. The van der Waals surface area contributed by atoms with E-state index in [4.69, 9.17) is 4.74 Å². The molecule has 1 amide bonds. The van der Waals surface area contributed by atoms with Gasteiger partial charge in [-0.25, -0.2) is 0 Å². The molecule has 6 heteroatoms. The summed E-state index contributed by atoms with van der Waals surface area (Å²) in [6.45, 7) is 4.92. The number of nitrogens with one attached hydrogen (secondary N) is 1. The van der Waals surface area contributed by atoms with Gasteiger partial charge < -0.3 is 20.3 Å². The van der Waals surface area contributed by atoms with E-state index in [0.29, 0.717) is 25.9 Å². The van der Waals surface area contributed by atoms with Gasteiger partial charge in [0.15, 0.2) is 0 Å². The molecule has 0 aromatic rings. The van der Waals surface area contributed by atoms with Crippen molar-refractivity contribution in [3.8, 4) is 0 Å². The molecule has 0 bridgehead atoms. The van der Waals surface area contributed by atoms with Crippen LogP contribution >= 0.6 is 0 Å². The number of aliphatic hydroxyl groups excluding tert-OH is 2. The van der Waals surface area contributed by atoms with Crippen LogP contribution < -0.4 is 5.32 Å². The van der Waals surface area contributed by atoms with Crippen LogP contribution in [0.4, 0.5) is 0 Å². The molecule has 0 saturated heterocycles. The zero-order valence-corrected chi connectivity index (χ0v) is 48.0. The molecule has 0 radical (unpaired) electrons. The van der Waals surface area contributed by atoms with Gasteiger partial charge in [0.25, 0.3) is 0 Å². The second-order valence-corrected chi connectivity index (χ2v) is 22.1. The molecule has 2 atom stereocenters. The lowest BCUT2D eigenvalue weighted by atomic mass is 10.0. The number of amides is 1. The van der Waals surface area contributed by atoms with Crippen LogP contribution in [0.2, 0.25) is 0 Å². The minimum absolute atomic E-state index is 0.00741. The summed E-state index contributed by atoms with van der Waals surface area (Å²) in [6, 6.07) is -0.553. The first-order valence-electron chi connectivity index (χ1n) is 32.1. The maximum absolute atomic E-state index is 12.5. The number of hydrogen-bond donors (Lipinski definition) is 3. The molecule has 0 aliphatic rings. The number of unbranched alkanes of at least 4 members (excludes halogenated alkanes) is 45. The normalized spacial score (nSPS) is 12.7. The van der Waals surface area contributed by atoms with Gasteiger partial charge in [-0.2, -0.15) is 0 Å². The number of carbonyl (C=O) groups excluding carboxylic acids is 2. The van der Waals surface area contributed by atoms with E-state index in [-0.39, 0.29) is 18.5 Å². The van der Waals surface area contributed by atoms with Gasteiger partial charge in [-0.3, -0.25) is 9.59 Å². The van der Waals surface area contributed by atoms with Gasteiger partial charge in [-0.05, 0) is 70.6 Å². The fourth-order valence-corrected chi connectivity index (χ4v) is 10.0. The highest BCUT2D eigenvalue weighted by atomic mass is 16.5. The summed E-state index contributed by atoms with van der Waals surface area (Å²) < 4.78 is 5.45. The highest BCUT2D eigenvalue weighted by Crippen LogP contribution is 2.18. The summed E-state index contributed by atoms with van der Waals surface area (Å²) in [5, 5.41) is 23.4. The molecule has 71 heavy (non-hydrogen) atoms. The Labute approximate surface area is 443 Å². The lowest BCUT2D eigenvalue weighted by molar-refractivity contribution is -0.143. The Kier molecular flexibility index (Phi) is 59.5. The van der Waals surface area contributed by atoms with E-state index in [9.17, 15) is 19.8 Å². The Balaban J connectivity index is 3.45. The van der Waals surface area contributed by atoms with Crippen LogP contribution in [0.5, 0.6) is 0 Å². The van der Waals surface area contributed by atoms with Gasteiger partial charge >= 0.3 is 5.97 Å². The van der Waals surface area contributed by atoms with Crippen LogP contribution in [0.3, 0.4) is 0 Å². The smallest absolute Gasteiger partial charge is 0.305 e. The number of carbonyl (C=O) groups is 2. The third kappa shape index (κ3) is 57.5. The van der Waals surface area contributed by atoms with Crippen molar-refractivity contribution in [2.24, 2.45) is 0 Å². The Morgan fingerprint density at radius 1 is 0.380 bits per heavy atom. The quantitative estimate of drug-likeness (QED) is 0.0320. The van der Waals surface area contributed by atoms with Crippen molar-refractivity contribution in [2.75, 3.05) is 13.2 Å². The summed E-state index contributed by atoms with van der Waals surface area (Å²) in [6.07, 6.45) is 74.8. The molecule has 0 spiro atoms. The predicted molar refractivity (Wildman–Crippen MR) is 310 cm³/mol. The van der Waals surface area contributed by atoms with Crippen molar-refractivity contribution in [2.45, 2.75) is 366 Å². The Morgan fingerprint density at radius 2 is 0.676 bits per heavy atom. The molecule has 6 nitrogen and oxygen atoms in total. The van der Waals surface area contributed by atoms with Gasteiger partial charge in [0.05, 0.1) is 25.4 Å². The minimum atomic E-state index is -0.674. The molecule has 0 aromatic carbocycles. The van der Waals surface area contributed by atoms with E-state index in [1.165, 1.54) is 263 Å². The summed E-state index contributed by atoms with van der Waals surface area (Å²) in [5.74, 6) is -0.0531. The summed E-state index contributed by atoms with van der Waals surface area (Å²) in [5.41, 5.74) is 0. The molecule has 0 aromatic heterocycles. The van der Waals surface area contributed by atoms with E-state index >= 15 is 0 Å². The number of allylic oxidation sites excluding steroid dienone is 4. The SMILES string of the molecule is CCCC/C=C\CCCCCCCC(=O)OCCCCCCCCCCC/C=C\CCCCCCCC(=O)NC(CO)C(O)CCCCCCCCCCCCCCCCCCCCCCCCCCC. The molecular formula is C65H125NO5. The van der Waals surface area contributed by atoms with Crippen LogP contribution in [-0.2, 0) is 14.3 Å². The van der Waals surface area contributed by atoms with Crippen molar-refractivity contribution in [3.63, 3.8) is 0 Å². The molecule has 0 fully saturated rings. The highest BCUT2D eigenvalue weighted by molar-refractivity contribution is 5.76. The maximum atomic E-state index is 12.5. The van der Waals surface area contributed by atoms with E-state index in [0.717, 1.165) is 57.8 Å². The largest absolute Gasteiger partial charge is 0.466 e. The van der Waals surface area contributed by atoms with E-state index in [2.05, 4.69) is 43.5 Å². The number of esters is 1. The molecule has 0 heterocycles. The van der Waals surface area contributed by atoms with Crippen molar-refractivity contribution in [1.82, 2.24) is 5.32 Å². The number of rotatable bonds is 60. The summed E-state index contributed by atoms with van der Waals surface area (Å²) in [4.78, 5) is 24.5. The fraction of sp³-hybridized carbons (Fsp3) is 0.908. The summed E-state index contributed by atoms with van der Waals surface area (Å²) in [7, 11) is 0. The summed E-state index contributed by atoms with van der Waals surface area (Å²) >= 11 is 0. The van der Waals surface area contributed by atoms with Gasteiger partial charge in [-0.15, -0.1) is 0 Å². The standard InChI is InChI=1S/C65H125NO5/c1-3-5-7-9-11-13-15-16-17-18-19-20-21-22-23-24-25-28-31-34-38-41-45-49-53-57-63(68)62(61-67)66-64(69)58-54-50-46-42-39-35-32-29-26-27-30-33-36-40-44-48-52-56-60-71-65(70)59-55-51-47-43-37-14-12-10-8-6-4-2/h10,12,29,32,62-63,67-68H,3-9,11,13-28,30-31,33-61H2,1-2H3,(H,66,69)/b12-10-,32-29-. The topological polar surface area (TPSA) is 95.9 Å². The monoisotopic (exact) mass is 1000 g/mol. The lowest BCUT2D eigenvalue weighted by Crippen LogP contribution is -2.45. The molecule has 0 saturated carbocycles. The predicted octanol–water partition coefficient (Wildman–Crippen LogP) is 20.2. The maximum Gasteiger partial charge on any atom is 0.305 e. The Morgan fingerprint density at radius 3 is 1.04 bits per heavy atom. The number of hydrogen-bond acceptors (Lipinski definition) is 5. The first-order chi connectivity index (χ1) is 35.0. The number of ether oxygens (including phenoxy) is 1. The van der Waals surface area contributed by atoms with Crippen LogP contribution in [-0.4, -0.2) is 47.4 Å². The second-order valence-electron chi connectivity index (χ2n) is 22.1. The van der Waals surface area contributed by atoms with Crippen LogP contribution in [0.15, 0.2) is 24.3 Å². The first-order valence-corrected chi connectivity index (χ1v) is 32.1. The van der Waals surface area contributed by atoms with E-state index < -0.39 is 12.1 Å². The molecule has 3 N–H and O–H groups in total. The molecule has 0 aliphatic carbocycles. The zero-order chi connectivity index (χ0) is 51.4. The van der Waals surface area contributed by atoms with Gasteiger partial charge in [0.1, 0.15) is 0 Å². The van der Waals surface area contributed by atoms with Crippen molar-refractivity contribution < 1.29 is 24.5 Å². The lowest BCUT2D eigenvalue weighted by Gasteiger charge is -2.22. The van der Waals surface area contributed by atoms with Crippen molar-refractivity contribution in [3.05, 3.63) is 24.3 Å². The van der Waals surface area contributed by atoms with Crippen molar-refractivity contribution in [1.29, 1.82) is 0 Å². The fourth-order valence-electron chi connectivity index (χ4n) is 10.0.